The smallest absolute Gasteiger partial charge is 0.289 e. The predicted octanol–water partition coefficient (Wildman–Crippen LogP) is 3.37. The number of carbonyl (C=O) groups excluding carboxylic acids is 1. The number of amides is 1. The summed E-state index contributed by atoms with van der Waals surface area (Å²) in [5.41, 5.74) is 1.38. The minimum Gasteiger partial charge on any atom is -0.459 e. The number of hydrogen-bond donors (Lipinski definition) is 0. The topological polar surface area (TPSA) is 83.7 Å². The van der Waals surface area contributed by atoms with Gasteiger partial charge in [-0.3, -0.25) is 4.79 Å². The van der Waals surface area contributed by atoms with Crippen LogP contribution in [0.15, 0.2) is 57.4 Å². The van der Waals surface area contributed by atoms with Gasteiger partial charge in [0.25, 0.3) is 5.91 Å². The van der Waals surface area contributed by atoms with E-state index in [1.54, 1.807) is 52.6 Å². The van der Waals surface area contributed by atoms with Crippen LogP contribution in [-0.2, 0) is 15.6 Å². The molecule has 158 valence electrons. The van der Waals surface area contributed by atoms with Crippen molar-refractivity contribution in [1.82, 2.24) is 9.88 Å². The van der Waals surface area contributed by atoms with Crippen molar-refractivity contribution in [2.45, 2.75) is 24.0 Å². The lowest BCUT2D eigenvalue weighted by Gasteiger charge is -2.21. The monoisotopic (exact) mass is 445 g/mol. The van der Waals surface area contributed by atoms with Gasteiger partial charge in [-0.15, -0.1) is 11.3 Å². The third kappa shape index (κ3) is 4.41. The molecular weight excluding hydrogens is 422 g/mol. The van der Waals surface area contributed by atoms with Gasteiger partial charge in [0.1, 0.15) is 0 Å². The molecule has 2 aromatic heterocycles. The maximum Gasteiger partial charge on any atom is 0.289 e. The molecule has 0 spiro atoms. The molecule has 30 heavy (non-hydrogen) atoms. The molecule has 0 saturated carbocycles. The molecule has 0 atom stereocenters. The second kappa shape index (κ2) is 8.61. The van der Waals surface area contributed by atoms with Crippen molar-refractivity contribution in [1.29, 1.82) is 0 Å². The van der Waals surface area contributed by atoms with Crippen LogP contribution in [0.2, 0.25) is 0 Å². The van der Waals surface area contributed by atoms with Gasteiger partial charge in [-0.1, -0.05) is 18.2 Å². The molecule has 3 aromatic rings. The summed E-state index contributed by atoms with van der Waals surface area (Å²) in [6, 6.07) is 9.81. The number of rotatable bonds is 5. The Kier molecular flexibility index (Phi) is 5.92. The number of carbonyl (C=O) groups is 1. The van der Waals surface area contributed by atoms with E-state index in [-0.39, 0.29) is 22.3 Å². The molecule has 1 aliphatic heterocycles. The standard InChI is InChI=1S/C21H23N3O4S2/c1-16-14-29-21(22-16)24-10-5-9-23(11-12-24)20(25)19-17(8-13-28-19)15-30(26,27)18-6-3-2-4-7-18/h2-4,6-8,13-14H,5,9-12,15H2,1H3. The summed E-state index contributed by atoms with van der Waals surface area (Å²) in [6.45, 7) is 4.59. The van der Waals surface area contributed by atoms with Gasteiger partial charge in [0.2, 0.25) is 0 Å². The first kappa shape index (κ1) is 20.6. The Bertz CT molecular complexity index is 1120. The third-order valence-corrected chi connectivity index (χ3v) is 7.75. The van der Waals surface area contributed by atoms with Crippen molar-refractivity contribution in [3.05, 3.63) is 65.1 Å². The van der Waals surface area contributed by atoms with Gasteiger partial charge in [0.15, 0.2) is 20.7 Å². The van der Waals surface area contributed by atoms with Crippen molar-refractivity contribution >= 4 is 32.2 Å². The third-order valence-electron chi connectivity index (χ3n) is 5.05. The van der Waals surface area contributed by atoms with Crippen molar-refractivity contribution in [3.63, 3.8) is 0 Å². The van der Waals surface area contributed by atoms with Crippen LogP contribution in [0.5, 0.6) is 0 Å². The SMILES string of the molecule is Cc1csc(N2CCCN(C(=O)c3occc3CS(=O)(=O)c3ccccc3)CC2)n1. The second-order valence-corrected chi connectivity index (χ2v) is 10.1. The summed E-state index contributed by atoms with van der Waals surface area (Å²) in [6.07, 6.45) is 2.19. The molecule has 1 saturated heterocycles. The maximum atomic E-state index is 13.1. The molecule has 0 N–H and O–H groups in total. The van der Waals surface area contributed by atoms with Gasteiger partial charge in [-0.25, -0.2) is 13.4 Å². The van der Waals surface area contributed by atoms with Gasteiger partial charge in [-0.2, -0.15) is 0 Å². The molecule has 1 fully saturated rings. The number of aromatic nitrogens is 1. The van der Waals surface area contributed by atoms with E-state index in [0.717, 1.165) is 23.8 Å². The zero-order chi connectivity index (χ0) is 21.1. The molecule has 0 bridgehead atoms. The van der Waals surface area contributed by atoms with Crippen LogP contribution in [0.4, 0.5) is 5.13 Å². The Balaban J connectivity index is 1.48. The average molecular weight is 446 g/mol. The number of anilines is 1. The van der Waals surface area contributed by atoms with E-state index in [1.807, 2.05) is 12.3 Å². The molecule has 3 heterocycles. The summed E-state index contributed by atoms with van der Waals surface area (Å²) in [7, 11) is -3.57. The molecular formula is C21H23N3O4S2. The normalized spacial score (nSPS) is 15.2. The van der Waals surface area contributed by atoms with Gasteiger partial charge >= 0.3 is 0 Å². The molecule has 0 radical (unpaired) electrons. The van der Waals surface area contributed by atoms with E-state index < -0.39 is 9.84 Å². The fourth-order valence-corrected chi connectivity index (χ4v) is 5.73. The zero-order valence-corrected chi connectivity index (χ0v) is 18.3. The van der Waals surface area contributed by atoms with Crippen LogP contribution in [0.1, 0.15) is 28.2 Å². The Morgan fingerprint density at radius 1 is 1.13 bits per heavy atom. The van der Waals surface area contributed by atoms with E-state index in [0.29, 0.717) is 25.2 Å². The van der Waals surface area contributed by atoms with Crippen molar-refractivity contribution in [2.24, 2.45) is 0 Å². The highest BCUT2D eigenvalue weighted by Crippen LogP contribution is 2.24. The van der Waals surface area contributed by atoms with Crippen LogP contribution in [0.3, 0.4) is 0 Å². The highest BCUT2D eigenvalue weighted by Gasteiger charge is 2.27. The lowest BCUT2D eigenvalue weighted by atomic mass is 10.2. The molecule has 9 heteroatoms. The first-order valence-corrected chi connectivity index (χ1v) is 12.3. The highest BCUT2D eigenvalue weighted by atomic mass is 32.2. The Hall–Kier alpha value is -2.65. The number of sulfone groups is 1. The molecule has 1 amide bonds. The number of benzene rings is 1. The second-order valence-electron chi connectivity index (χ2n) is 7.25. The summed E-state index contributed by atoms with van der Waals surface area (Å²) in [4.78, 5) is 21.8. The molecule has 0 aliphatic carbocycles. The van der Waals surface area contributed by atoms with Crippen molar-refractivity contribution < 1.29 is 17.6 Å². The fraction of sp³-hybridized carbons (Fsp3) is 0.333. The Morgan fingerprint density at radius 2 is 1.93 bits per heavy atom. The summed E-state index contributed by atoms with van der Waals surface area (Å²) >= 11 is 1.61. The van der Waals surface area contributed by atoms with E-state index in [4.69, 9.17) is 4.42 Å². The van der Waals surface area contributed by atoms with Crippen LogP contribution in [0, 0.1) is 6.92 Å². The van der Waals surface area contributed by atoms with Gasteiger partial charge in [0.05, 0.1) is 22.6 Å². The van der Waals surface area contributed by atoms with E-state index in [9.17, 15) is 13.2 Å². The quantitative estimate of drug-likeness (QED) is 0.599. The molecule has 0 unspecified atom stereocenters. The van der Waals surface area contributed by atoms with Crippen LogP contribution in [-0.4, -0.2) is 50.4 Å². The van der Waals surface area contributed by atoms with Gasteiger partial charge in [0, 0.05) is 37.1 Å². The van der Waals surface area contributed by atoms with E-state index in [2.05, 4.69) is 9.88 Å². The average Bonchev–Trinajstić information content (AvgIpc) is 3.30. The van der Waals surface area contributed by atoms with Crippen molar-refractivity contribution in [3.8, 4) is 0 Å². The van der Waals surface area contributed by atoms with Crippen LogP contribution < -0.4 is 4.90 Å². The lowest BCUT2D eigenvalue weighted by Crippen LogP contribution is -2.35. The number of aryl methyl sites for hydroxylation is 1. The molecule has 1 aliphatic rings. The van der Waals surface area contributed by atoms with Crippen LogP contribution in [0.25, 0.3) is 0 Å². The summed E-state index contributed by atoms with van der Waals surface area (Å²) in [5.74, 6) is -0.434. The van der Waals surface area contributed by atoms with E-state index in [1.165, 1.54) is 6.26 Å². The van der Waals surface area contributed by atoms with Gasteiger partial charge < -0.3 is 14.2 Å². The van der Waals surface area contributed by atoms with Crippen molar-refractivity contribution in [2.75, 3.05) is 31.1 Å². The number of hydrogen-bond acceptors (Lipinski definition) is 7. The minimum absolute atomic E-state index is 0.105. The fourth-order valence-electron chi connectivity index (χ4n) is 3.50. The number of nitrogens with zero attached hydrogens (tertiary/aromatic N) is 3. The Morgan fingerprint density at radius 3 is 2.67 bits per heavy atom. The van der Waals surface area contributed by atoms with E-state index >= 15 is 0 Å². The lowest BCUT2D eigenvalue weighted by molar-refractivity contribution is 0.0734. The van der Waals surface area contributed by atoms with Gasteiger partial charge in [-0.05, 0) is 31.5 Å². The van der Waals surface area contributed by atoms with Crippen LogP contribution >= 0.6 is 11.3 Å². The molecule has 4 rings (SSSR count). The predicted molar refractivity (Wildman–Crippen MR) is 116 cm³/mol. The maximum absolute atomic E-state index is 13.1. The molecule has 1 aromatic carbocycles. The summed E-state index contributed by atoms with van der Waals surface area (Å²) in [5, 5.41) is 2.99. The zero-order valence-electron chi connectivity index (χ0n) is 16.7. The highest BCUT2D eigenvalue weighted by molar-refractivity contribution is 7.90. The first-order valence-electron chi connectivity index (χ1n) is 9.74. The first-order chi connectivity index (χ1) is 14.4. The largest absolute Gasteiger partial charge is 0.459 e. The minimum atomic E-state index is -3.57. The number of furan rings is 1. The Labute approximate surface area is 179 Å². The number of thiazole rings is 1. The molecule has 7 nitrogen and oxygen atoms in total. The summed E-state index contributed by atoms with van der Waals surface area (Å²) < 4.78 is 30.9.